The van der Waals surface area contributed by atoms with Crippen LogP contribution in [-0.4, -0.2) is 61.8 Å². The van der Waals surface area contributed by atoms with E-state index in [0.717, 1.165) is 0 Å². The van der Waals surface area contributed by atoms with Crippen molar-refractivity contribution >= 4 is 44.9 Å². The number of anilines is 2. The number of nitrogens with zero attached hydrogens (tertiary/aromatic N) is 2. The molecule has 9 nitrogen and oxygen atoms in total. The lowest BCUT2D eigenvalue weighted by Crippen LogP contribution is -2.51. The first-order valence-corrected chi connectivity index (χ1v) is 11.5. The molecule has 31 heavy (non-hydrogen) atoms. The summed E-state index contributed by atoms with van der Waals surface area (Å²) in [5, 5.41) is 5.82. The van der Waals surface area contributed by atoms with Crippen LogP contribution in [0.2, 0.25) is 5.02 Å². The van der Waals surface area contributed by atoms with E-state index in [1.165, 1.54) is 27.4 Å². The molecule has 2 heterocycles. The highest BCUT2D eigenvalue weighted by molar-refractivity contribution is 7.89. The van der Waals surface area contributed by atoms with Gasteiger partial charge in [0, 0.05) is 26.2 Å². The lowest BCUT2D eigenvalue weighted by Gasteiger charge is -2.34. The number of rotatable bonds is 3. The maximum Gasteiger partial charge on any atom is 0.321 e. The Bertz CT molecular complexity index is 1130. The number of hydrogen-bond donors (Lipinski definition) is 2. The van der Waals surface area contributed by atoms with E-state index in [1.807, 2.05) is 0 Å². The zero-order valence-electron chi connectivity index (χ0n) is 16.7. The number of ether oxygens (including phenoxy) is 1. The highest BCUT2D eigenvalue weighted by Crippen LogP contribution is 2.33. The number of amides is 3. The Kier molecular flexibility index (Phi) is 5.78. The van der Waals surface area contributed by atoms with Crippen molar-refractivity contribution in [3.63, 3.8) is 0 Å². The van der Waals surface area contributed by atoms with E-state index in [9.17, 15) is 18.0 Å². The molecule has 2 aliphatic rings. The van der Waals surface area contributed by atoms with Crippen LogP contribution >= 0.6 is 11.6 Å². The smallest absolute Gasteiger partial charge is 0.321 e. The summed E-state index contributed by atoms with van der Waals surface area (Å²) >= 11 is 6.07. The van der Waals surface area contributed by atoms with Gasteiger partial charge in [0.05, 0.1) is 21.3 Å². The number of hydrogen-bond acceptors (Lipinski definition) is 5. The van der Waals surface area contributed by atoms with Gasteiger partial charge < -0.3 is 20.3 Å². The average Bonchev–Trinajstić information content (AvgIpc) is 2.76. The van der Waals surface area contributed by atoms with Crippen molar-refractivity contribution in [2.75, 3.05) is 36.8 Å². The summed E-state index contributed by atoms with van der Waals surface area (Å²) in [5.41, 5.74) is 0.818. The first-order valence-electron chi connectivity index (χ1n) is 9.68. The molecule has 3 amide bonds. The molecule has 1 unspecified atom stereocenters. The zero-order chi connectivity index (χ0) is 22.2. The molecule has 0 saturated carbocycles. The van der Waals surface area contributed by atoms with Gasteiger partial charge in [0.15, 0.2) is 6.10 Å². The number of piperazine rings is 1. The van der Waals surface area contributed by atoms with Crippen LogP contribution in [0.4, 0.5) is 16.2 Å². The van der Waals surface area contributed by atoms with Crippen molar-refractivity contribution in [2.45, 2.75) is 17.9 Å². The van der Waals surface area contributed by atoms with E-state index in [-0.39, 0.29) is 43.0 Å². The fraction of sp³-hybridized carbons (Fsp3) is 0.300. The van der Waals surface area contributed by atoms with Gasteiger partial charge in [-0.25, -0.2) is 13.2 Å². The number of para-hydroxylation sites is 1. The van der Waals surface area contributed by atoms with Crippen LogP contribution < -0.4 is 15.4 Å². The summed E-state index contributed by atoms with van der Waals surface area (Å²) in [6.07, 6.45) is -0.639. The molecule has 4 rings (SSSR count). The van der Waals surface area contributed by atoms with Crippen LogP contribution in [-0.2, 0) is 14.8 Å². The SMILES string of the molecule is CC1Oc2ccc(S(=O)(=O)N3CCN(C(=O)Nc4ccccc4Cl)CC3)cc2NC1=O. The van der Waals surface area contributed by atoms with Crippen molar-refractivity contribution in [3.05, 3.63) is 47.5 Å². The lowest BCUT2D eigenvalue weighted by atomic mass is 10.2. The Morgan fingerprint density at radius 1 is 1.16 bits per heavy atom. The molecule has 2 N–H and O–H groups in total. The van der Waals surface area contributed by atoms with Gasteiger partial charge in [-0.3, -0.25) is 4.79 Å². The van der Waals surface area contributed by atoms with Crippen LogP contribution in [0.25, 0.3) is 0 Å². The molecule has 1 atom stereocenters. The summed E-state index contributed by atoms with van der Waals surface area (Å²) in [7, 11) is -3.79. The van der Waals surface area contributed by atoms with E-state index in [2.05, 4.69) is 10.6 Å². The monoisotopic (exact) mass is 464 g/mol. The summed E-state index contributed by atoms with van der Waals surface area (Å²) in [6, 6.07) is 10.9. The molecule has 1 saturated heterocycles. The van der Waals surface area contributed by atoms with Gasteiger partial charge in [0.1, 0.15) is 5.75 Å². The van der Waals surface area contributed by atoms with Crippen LogP contribution in [0, 0.1) is 0 Å². The predicted octanol–water partition coefficient (Wildman–Crippen LogP) is 2.60. The third kappa shape index (κ3) is 4.32. The van der Waals surface area contributed by atoms with E-state index < -0.39 is 16.1 Å². The number of sulfonamides is 1. The molecule has 0 spiro atoms. The first-order chi connectivity index (χ1) is 14.8. The Balaban J connectivity index is 1.42. The maximum atomic E-state index is 13.1. The number of nitrogens with one attached hydrogen (secondary N) is 2. The van der Waals surface area contributed by atoms with Gasteiger partial charge in [0.25, 0.3) is 5.91 Å². The fourth-order valence-corrected chi connectivity index (χ4v) is 5.02. The van der Waals surface area contributed by atoms with E-state index in [0.29, 0.717) is 22.1 Å². The second-order valence-electron chi connectivity index (χ2n) is 7.21. The first kappa shape index (κ1) is 21.4. The Morgan fingerprint density at radius 2 is 1.87 bits per heavy atom. The van der Waals surface area contributed by atoms with Crippen molar-refractivity contribution in [2.24, 2.45) is 0 Å². The van der Waals surface area contributed by atoms with Crippen molar-refractivity contribution < 1.29 is 22.7 Å². The van der Waals surface area contributed by atoms with Crippen LogP contribution in [0.5, 0.6) is 5.75 Å². The summed E-state index contributed by atoms with van der Waals surface area (Å²) < 4.78 is 32.9. The molecule has 0 bridgehead atoms. The van der Waals surface area contributed by atoms with Crippen LogP contribution in [0.3, 0.4) is 0 Å². The molecule has 1 fully saturated rings. The zero-order valence-corrected chi connectivity index (χ0v) is 18.2. The summed E-state index contributed by atoms with van der Waals surface area (Å²) in [6.45, 7) is 2.38. The molecule has 11 heteroatoms. The number of urea groups is 1. The average molecular weight is 465 g/mol. The lowest BCUT2D eigenvalue weighted by molar-refractivity contribution is -0.122. The molecule has 2 aromatic rings. The predicted molar refractivity (Wildman–Crippen MR) is 116 cm³/mol. The van der Waals surface area contributed by atoms with Crippen LogP contribution in [0.15, 0.2) is 47.4 Å². The van der Waals surface area contributed by atoms with Crippen molar-refractivity contribution in [1.29, 1.82) is 0 Å². The number of fused-ring (bicyclic) bond motifs is 1. The number of benzene rings is 2. The minimum absolute atomic E-state index is 0.0543. The standard InChI is InChI=1S/C20H21ClN4O5S/c1-13-19(26)22-17-12-14(6-7-18(17)30-13)31(28,29)25-10-8-24(9-11-25)20(27)23-16-5-3-2-4-15(16)21/h2-7,12-13H,8-11H2,1H3,(H,22,26)(H,23,27). The molecular weight excluding hydrogens is 444 g/mol. The van der Waals surface area contributed by atoms with E-state index in [1.54, 1.807) is 31.2 Å². The third-order valence-electron chi connectivity index (χ3n) is 5.16. The molecule has 0 aromatic heterocycles. The van der Waals surface area contributed by atoms with Gasteiger partial charge in [-0.05, 0) is 37.3 Å². The minimum Gasteiger partial charge on any atom is -0.479 e. The minimum atomic E-state index is -3.79. The van der Waals surface area contributed by atoms with E-state index >= 15 is 0 Å². The highest BCUT2D eigenvalue weighted by Gasteiger charge is 2.32. The molecule has 0 radical (unpaired) electrons. The van der Waals surface area contributed by atoms with Gasteiger partial charge in [-0.1, -0.05) is 23.7 Å². The summed E-state index contributed by atoms with van der Waals surface area (Å²) in [4.78, 5) is 25.9. The van der Waals surface area contributed by atoms with Crippen molar-refractivity contribution in [1.82, 2.24) is 9.21 Å². The Hall–Kier alpha value is -2.82. The normalized spacial score (nSPS) is 19.2. The summed E-state index contributed by atoms with van der Waals surface area (Å²) in [5.74, 6) is 0.0901. The second-order valence-corrected chi connectivity index (χ2v) is 9.55. The fourth-order valence-electron chi connectivity index (χ4n) is 3.39. The number of carbonyl (C=O) groups excluding carboxylic acids is 2. The van der Waals surface area contributed by atoms with Crippen molar-refractivity contribution in [3.8, 4) is 5.75 Å². The molecular formula is C20H21ClN4O5S. The second kappa shape index (κ2) is 8.37. The van der Waals surface area contributed by atoms with Gasteiger partial charge in [-0.15, -0.1) is 0 Å². The molecule has 0 aliphatic carbocycles. The molecule has 164 valence electrons. The maximum absolute atomic E-state index is 13.1. The number of carbonyl (C=O) groups is 2. The van der Waals surface area contributed by atoms with Gasteiger partial charge in [0.2, 0.25) is 10.0 Å². The highest BCUT2D eigenvalue weighted by atomic mass is 35.5. The third-order valence-corrected chi connectivity index (χ3v) is 7.39. The van der Waals surface area contributed by atoms with E-state index in [4.69, 9.17) is 16.3 Å². The molecule has 2 aromatic carbocycles. The quantitative estimate of drug-likeness (QED) is 0.725. The number of halogens is 1. The Morgan fingerprint density at radius 3 is 2.58 bits per heavy atom. The molecule has 2 aliphatic heterocycles. The topological polar surface area (TPSA) is 108 Å². The van der Waals surface area contributed by atoms with Crippen LogP contribution in [0.1, 0.15) is 6.92 Å². The van der Waals surface area contributed by atoms with Gasteiger partial charge >= 0.3 is 6.03 Å². The van der Waals surface area contributed by atoms with Gasteiger partial charge in [-0.2, -0.15) is 4.31 Å². The largest absolute Gasteiger partial charge is 0.479 e. The Labute approximate surface area is 185 Å².